The fourth-order valence-electron chi connectivity index (χ4n) is 1.46. The van der Waals surface area contributed by atoms with Gasteiger partial charge in [0.1, 0.15) is 5.82 Å². The van der Waals surface area contributed by atoms with E-state index in [1.54, 1.807) is 12.1 Å². The summed E-state index contributed by atoms with van der Waals surface area (Å²) in [7, 11) is 0. The van der Waals surface area contributed by atoms with E-state index in [9.17, 15) is 9.18 Å². The van der Waals surface area contributed by atoms with Crippen LogP contribution in [0.25, 0.3) is 0 Å². The normalized spacial score (nSPS) is 15.0. The van der Waals surface area contributed by atoms with Crippen molar-refractivity contribution in [1.82, 2.24) is 5.32 Å². The second kappa shape index (κ2) is 4.43. The van der Waals surface area contributed by atoms with Gasteiger partial charge < -0.3 is 5.32 Å². The first-order chi connectivity index (χ1) is 7.24. The Kier molecular flexibility index (Phi) is 2.99. The van der Waals surface area contributed by atoms with Crippen LogP contribution in [0, 0.1) is 11.7 Å². The van der Waals surface area contributed by atoms with Crippen LogP contribution in [0.4, 0.5) is 4.39 Å². The van der Waals surface area contributed by atoms with Crippen LogP contribution in [0.5, 0.6) is 0 Å². The van der Waals surface area contributed by atoms with Gasteiger partial charge in [0.15, 0.2) is 0 Å². The zero-order chi connectivity index (χ0) is 10.7. The molecule has 0 unspecified atom stereocenters. The maximum Gasteiger partial charge on any atom is 0.220 e. The van der Waals surface area contributed by atoms with Gasteiger partial charge in [0.05, 0.1) is 0 Å². The average molecular weight is 207 g/mol. The monoisotopic (exact) mass is 207 g/mol. The highest BCUT2D eigenvalue weighted by molar-refractivity contribution is 5.76. The summed E-state index contributed by atoms with van der Waals surface area (Å²) in [4.78, 5) is 11.3. The fourth-order valence-corrected chi connectivity index (χ4v) is 1.46. The molecule has 1 amide bonds. The molecule has 0 saturated heterocycles. The van der Waals surface area contributed by atoms with Gasteiger partial charge in [-0.05, 0) is 36.5 Å². The molecule has 0 aliphatic heterocycles. The first-order valence-electron chi connectivity index (χ1n) is 5.25. The number of hydrogen-bond acceptors (Lipinski definition) is 1. The second-order valence-corrected chi connectivity index (χ2v) is 4.05. The van der Waals surface area contributed by atoms with Gasteiger partial charge in [-0.2, -0.15) is 0 Å². The minimum atomic E-state index is -0.247. The zero-order valence-electron chi connectivity index (χ0n) is 8.50. The Bertz CT molecular complexity index is 343. The summed E-state index contributed by atoms with van der Waals surface area (Å²) in [5, 5.41) is 2.83. The van der Waals surface area contributed by atoms with Crippen LogP contribution in [-0.4, -0.2) is 5.91 Å². The van der Waals surface area contributed by atoms with Gasteiger partial charge in [-0.15, -0.1) is 0 Å². The van der Waals surface area contributed by atoms with E-state index in [2.05, 4.69) is 5.32 Å². The number of rotatable bonds is 4. The van der Waals surface area contributed by atoms with Crippen molar-refractivity contribution >= 4 is 5.91 Å². The number of amides is 1. The largest absolute Gasteiger partial charge is 0.352 e. The maximum atomic E-state index is 12.6. The highest BCUT2D eigenvalue weighted by Crippen LogP contribution is 2.32. The van der Waals surface area contributed by atoms with Gasteiger partial charge in [-0.3, -0.25) is 4.79 Å². The lowest BCUT2D eigenvalue weighted by Gasteiger charge is -2.04. The number of halogens is 1. The molecule has 0 bridgehead atoms. The molecule has 1 aliphatic carbocycles. The lowest BCUT2D eigenvalue weighted by molar-refractivity contribution is -0.121. The molecule has 2 rings (SSSR count). The van der Waals surface area contributed by atoms with E-state index >= 15 is 0 Å². The van der Waals surface area contributed by atoms with E-state index in [1.165, 1.54) is 25.0 Å². The summed E-state index contributed by atoms with van der Waals surface area (Å²) in [6.07, 6.45) is 3.01. The Labute approximate surface area is 88.5 Å². The molecule has 80 valence electrons. The molecule has 1 N–H and O–H groups in total. The molecular formula is C12H14FNO. The van der Waals surface area contributed by atoms with E-state index in [0.29, 0.717) is 18.9 Å². The number of benzene rings is 1. The van der Waals surface area contributed by atoms with Crippen LogP contribution >= 0.6 is 0 Å². The number of carbonyl (C=O) groups is 1. The molecule has 1 aromatic carbocycles. The third kappa shape index (κ3) is 3.35. The predicted octanol–water partition coefficient (Wildman–Crippen LogP) is 2.24. The van der Waals surface area contributed by atoms with E-state index in [4.69, 9.17) is 0 Å². The van der Waals surface area contributed by atoms with E-state index < -0.39 is 0 Å². The van der Waals surface area contributed by atoms with E-state index in [1.807, 2.05) is 0 Å². The SMILES string of the molecule is O=C(CC1CC1)NCc1ccc(F)cc1. The van der Waals surface area contributed by atoms with Crippen LogP contribution in [0.1, 0.15) is 24.8 Å². The first kappa shape index (κ1) is 10.1. The summed E-state index contributed by atoms with van der Waals surface area (Å²) in [5.41, 5.74) is 0.931. The van der Waals surface area contributed by atoms with Crippen molar-refractivity contribution in [2.45, 2.75) is 25.8 Å². The molecule has 1 saturated carbocycles. The second-order valence-electron chi connectivity index (χ2n) is 4.05. The molecule has 0 atom stereocenters. The molecule has 0 heterocycles. The average Bonchev–Trinajstić information content (AvgIpc) is 3.01. The van der Waals surface area contributed by atoms with Crippen molar-refractivity contribution in [3.05, 3.63) is 35.6 Å². The van der Waals surface area contributed by atoms with E-state index in [-0.39, 0.29) is 11.7 Å². The summed E-state index contributed by atoms with van der Waals surface area (Å²) in [5.74, 6) is 0.461. The van der Waals surface area contributed by atoms with Crippen LogP contribution in [0.15, 0.2) is 24.3 Å². The number of hydrogen-bond donors (Lipinski definition) is 1. The van der Waals surface area contributed by atoms with Crippen LogP contribution in [0.3, 0.4) is 0 Å². The van der Waals surface area contributed by atoms with Gasteiger partial charge in [-0.25, -0.2) is 4.39 Å². The molecular weight excluding hydrogens is 193 g/mol. The Morgan fingerprint density at radius 2 is 2.00 bits per heavy atom. The molecule has 15 heavy (non-hydrogen) atoms. The third-order valence-electron chi connectivity index (χ3n) is 2.57. The van der Waals surface area contributed by atoms with Gasteiger partial charge in [0, 0.05) is 13.0 Å². The standard InChI is InChI=1S/C12H14FNO/c13-11-5-3-10(4-6-11)8-14-12(15)7-9-1-2-9/h3-6,9H,1-2,7-8H2,(H,14,15). The highest BCUT2D eigenvalue weighted by Gasteiger charge is 2.23. The highest BCUT2D eigenvalue weighted by atomic mass is 19.1. The molecule has 1 aromatic rings. The van der Waals surface area contributed by atoms with Crippen molar-refractivity contribution in [2.24, 2.45) is 5.92 Å². The minimum Gasteiger partial charge on any atom is -0.352 e. The third-order valence-corrected chi connectivity index (χ3v) is 2.57. The van der Waals surface area contributed by atoms with Crippen LogP contribution < -0.4 is 5.32 Å². The molecule has 3 heteroatoms. The predicted molar refractivity (Wildman–Crippen MR) is 55.6 cm³/mol. The Morgan fingerprint density at radius 3 is 2.60 bits per heavy atom. The molecule has 1 aliphatic rings. The van der Waals surface area contributed by atoms with Crippen molar-refractivity contribution < 1.29 is 9.18 Å². The summed E-state index contributed by atoms with van der Waals surface area (Å²) >= 11 is 0. The fraction of sp³-hybridized carbons (Fsp3) is 0.417. The van der Waals surface area contributed by atoms with Gasteiger partial charge in [-0.1, -0.05) is 12.1 Å². The Balaban J connectivity index is 1.76. The minimum absolute atomic E-state index is 0.0989. The van der Waals surface area contributed by atoms with Crippen molar-refractivity contribution in [3.63, 3.8) is 0 Å². The quantitative estimate of drug-likeness (QED) is 0.806. The molecule has 2 nitrogen and oxygen atoms in total. The van der Waals surface area contributed by atoms with Gasteiger partial charge in [0.25, 0.3) is 0 Å². The summed E-state index contributed by atoms with van der Waals surface area (Å²) in [6, 6.07) is 6.18. The summed E-state index contributed by atoms with van der Waals surface area (Å²) < 4.78 is 12.6. The summed E-state index contributed by atoms with van der Waals surface area (Å²) in [6.45, 7) is 0.492. The lowest BCUT2D eigenvalue weighted by atomic mass is 10.2. The lowest BCUT2D eigenvalue weighted by Crippen LogP contribution is -2.22. The van der Waals surface area contributed by atoms with Crippen LogP contribution in [0.2, 0.25) is 0 Å². The number of carbonyl (C=O) groups excluding carboxylic acids is 1. The topological polar surface area (TPSA) is 29.1 Å². The molecule has 1 fully saturated rings. The Morgan fingerprint density at radius 1 is 1.33 bits per heavy atom. The van der Waals surface area contributed by atoms with Crippen LogP contribution in [-0.2, 0) is 11.3 Å². The first-order valence-corrected chi connectivity index (χ1v) is 5.25. The maximum absolute atomic E-state index is 12.6. The van der Waals surface area contributed by atoms with Gasteiger partial charge in [0.2, 0.25) is 5.91 Å². The number of nitrogens with one attached hydrogen (secondary N) is 1. The van der Waals surface area contributed by atoms with Crippen molar-refractivity contribution in [2.75, 3.05) is 0 Å². The van der Waals surface area contributed by atoms with Crippen molar-refractivity contribution in [3.8, 4) is 0 Å². The Hall–Kier alpha value is -1.38. The molecule has 0 aromatic heterocycles. The molecule has 0 spiro atoms. The van der Waals surface area contributed by atoms with E-state index in [0.717, 1.165) is 5.56 Å². The van der Waals surface area contributed by atoms with Gasteiger partial charge >= 0.3 is 0 Å². The molecule has 0 radical (unpaired) electrons. The smallest absolute Gasteiger partial charge is 0.220 e. The van der Waals surface area contributed by atoms with Crippen molar-refractivity contribution in [1.29, 1.82) is 0 Å². The zero-order valence-corrected chi connectivity index (χ0v) is 8.50.